The minimum absolute atomic E-state index is 0.0103. The number of sulfonamides is 1. The van der Waals surface area contributed by atoms with Crippen molar-refractivity contribution in [3.63, 3.8) is 0 Å². The van der Waals surface area contributed by atoms with Crippen LogP contribution in [-0.4, -0.2) is 20.2 Å². The van der Waals surface area contributed by atoms with Gasteiger partial charge in [-0.15, -0.1) is 0 Å². The topological polar surface area (TPSA) is 118 Å². The fourth-order valence-corrected chi connectivity index (χ4v) is 3.31. The molecule has 0 saturated carbocycles. The molecular weight excluding hydrogens is 354 g/mol. The van der Waals surface area contributed by atoms with Gasteiger partial charge in [0.1, 0.15) is 0 Å². The zero-order valence-corrected chi connectivity index (χ0v) is 14.8. The minimum atomic E-state index is -3.73. The summed E-state index contributed by atoms with van der Waals surface area (Å²) in [6.45, 7) is 0.261. The molecule has 1 aliphatic heterocycles. The second-order valence-corrected chi connectivity index (χ2v) is 7.71. The molecule has 7 nitrogen and oxygen atoms in total. The van der Waals surface area contributed by atoms with E-state index in [-0.39, 0.29) is 23.3 Å². The average molecular weight is 373 g/mol. The normalized spacial score (nSPS) is 14.1. The van der Waals surface area contributed by atoms with Crippen molar-refractivity contribution in [1.82, 2.24) is 5.32 Å². The lowest BCUT2D eigenvalue weighted by Gasteiger charge is -2.10. The van der Waals surface area contributed by atoms with Gasteiger partial charge in [0.2, 0.25) is 15.9 Å². The summed E-state index contributed by atoms with van der Waals surface area (Å²) < 4.78 is 22.5. The monoisotopic (exact) mass is 373 g/mol. The molecule has 0 saturated heterocycles. The number of aryl methyl sites for hydroxylation is 1. The molecule has 26 heavy (non-hydrogen) atoms. The summed E-state index contributed by atoms with van der Waals surface area (Å²) in [6, 6.07) is 11.2. The number of anilines is 1. The summed E-state index contributed by atoms with van der Waals surface area (Å²) in [4.78, 5) is 24.0. The Bertz CT molecular complexity index is 953. The fraction of sp³-hybridized carbons (Fsp3) is 0.222. The van der Waals surface area contributed by atoms with Gasteiger partial charge < -0.3 is 10.6 Å². The van der Waals surface area contributed by atoms with Gasteiger partial charge >= 0.3 is 0 Å². The molecule has 0 aliphatic carbocycles. The summed E-state index contributed by atoms with van der Waals surface area (Å²) >= 11 is 0. The van der Waals surface area contributed by atoms with Gasteiger partial charge in [-0.2, -0.15) is 0 Å². The van der Waals surface area contributed by atoms with Crippen LogP contribution < -0.4 is 15.8 Å². The number of fused-ring (bicyclic) bond motifs is 1. The summed E-state index contributed by atoms with van der Waals surface area (Å²) in [7, 11) is -3.73. The number of hydrogen-bond donors (Lipinski definition) is 3. The van der Waals surface area contributed by atoms with Gasteiger partial charge in [0.15, 0.2) is 0 Å². The van der Waals surface area contributed by atoms with Crippen LogP contribution in [-0.2, 0) is 27.8 Å². The number of carbonyl (C=O) groups excluding carboxylic acids is 2. The molecule has 1 heterocycles. The third-order valence-corrected chi connectivity index (χ3v) is 5.13. The van der Waals surface area contributed by atoms with Crippen LogP contribution in [0.2, 0.25) is 0 Å². The first-order chi connectivity index (χ1) is 12.3. The minimum Gasteiger partial charge on any atom is -0.348 e. The Balaban J connectivity index is 1.67. The van der Waals surface area contributed by atoms with Gasteiger partial charge in [-0.3, -0.25) is 9.59 Å². The highest BCUT2D eigenvalue weighted by atomic mass is 32.2. The number of benzene rings is 2. The molecule has 0 aromatic heterocycles. The molecule has 0 fully saturated rings. The second-order valence-electron chi connectivity index (χ2n) is 6.15. The molecule has 136 valence electrons. The van der Waals surface area contributed by atoms with Crippen molar-refractivity contribution in [3.05, 3.63) is 59.2 Å². The predicted molar refractivity (Wildman–Crippen MR) is 97.0 cm³/mol. The maximum atomic E-state index is 12.4. The first-order valence-electron chi connectivity index (χ1n) is 8.16. The Labute approximate surface area is 151 Å². The van der Waals surface area contributed by atoms with E-state index in [1.54, 1.807) is 30.3 Å². The molecule has 2 aromatic rings. The van der Waals surface area contributed by atoms with Gasteiger partial charge in [0, 0.05) is 24.2 Å². The van der Waals surface area contributed by atoms with Crippen molar-refractivity contribution in [1.29, 1.82) is 0 Å². The van der Waals surface area contributed by atoms with E-state index in [0.717, 1.165) is 29.7 Å². The van der Waals surface area contributed by atoms with E-state index in [4.69, 9.17) is 5.14 Å². The second kappa shape index (κ2) is 7.27. The molecule has 2 amide bonds. The first kappa shape index (κ1) is 18.1. The van der Waals surface area contributed by atoms with Gasteiger partial charge in [0.25, 0.3) is 5.91 Å². The summed E-state index contributed by atoms with van der Waals surface area (Å²) in [5.41, 5.74) is 2.97. The third kappa shape index (κ3) is 4.27. The molecule has 8 heteroatoms. The third-order valence-electron chi connectivity index (χ3n) is 4.20. The Hall–Kier alpha value is -2.71. The van der Waals surface area contributed by atoms with Crippen molar-refractivity contribution in [2.45, 2.75) is 30.7 Å². The van der Waals surface area contributed by atoms with Crippen LogP contribution in [0.4, 0.5) is 5.69 Å². The molecule has 0 unspecified atom stereocenters. The van der Waals surface area contributed by atoms with Crippen molar-refractivity contribution >= 4 is 27.5 Å². The van der Waals surface area contributed by atoms with Gasteiger partial charge in [0.05, 0.1) is 4.90 Å². The number of carbonyl (C=O) groups is 2. The lowest BCUT2D eigenvalue weighted by atomic mass is 10.0. The molecule has 4 N–H and O–H groups in total. The predicted octanol–water partition coefficient (Wildman–Crippen LogP) is 1.54. The zero-order valence-electron chi connectivity index (χ0n) is 14.0. The Morgan fingerprint density at radius 2 is 1.85 bits per heavy atom. The average Bonchev–Trinajstić information content (AvgIpc) is 2.79. The maximum absolute atomic E-state index is 12.4. The lowest BCUT2D eigenvalue weighted by Crippen LogP contribution is -2.23. The molecule has 2 aromatic carbocycles. The number of rotatable bonds is 4. The van der Waals surface area contributed by atoms with E-state index in [9.17, 15) is 18.0 Å². The van der Waals surface area contributed by atoms with E-state index in [1.165, 1.54) is 12.1 Å². The number of primary sulfonamides is 1. The largest absolute Gasteiger partial charge is 0.348 e. The quantitative estimate of drug-likeness (QED) is 0.753. The zero-order chi connectivity index (χ0) is 18.7. The Morgan fingerprint density at radius 3 is 2.54 bits per heavy atom. The highest BCUT2D eigenvalue weighted by Gasteiger charge is 2.15. The van der Waals surface area contributed by atoms with E-state index in [1.807, 2.05) is 0 Å². The molecule has 0 bridgehead atoms. The molecule has 0 atom stereocenters. The number of hydrogen-bond acceptors (Lipinski definition) is 4. The van der Waals surface area contributed by atoms with Crippen LogP contribution in [0.15, 0.2) is 47.4 Å². The summed E-state index contributed by atoms with van der Waals surface area (Å²) in [6.07, 6.45) is 1.97. The summed E-state index contributed by atoms with van der Waals surface area (Å²) in [5.74, 6) is -0.247. The van der Waals surface area contributed by atoms with Gasteiger partial charge in [-0.25, -0.2) is 13.6 Å². The standard InChI is InChI=1S/C18H19N3O4S/c19-26(24,25)15-7-4-12(5-8-15)11-20-18(23)14-6-9-16-13(10-14)2-1-3-17(22)21-16/h4-10H,1-3,11H2,(H,20,23)(H,21,22)(H2,19,24,25). The van der Waals surface area contributed by atoms with E-state index in [2.05, 4.69) is 10.6 Å². The van der Waals surface area contributed by atoms with Crippen molar-refractivity contribution in [2.24, 2.45) is 5.14 Å². The van der Waals surface area contributed by atoms with Crippen molar-refractivity contribution < 1.29 is 18.0 Å². The van der Waals surface area contributed by atoms with Crippen molar-refractivity contribution in [2.75, 3.05) is 5.32 Å². The van der Waals surface area contributed by atoms with Crippen LogP contribution in [0.25, 0.3) is 0 Å². The highest BCUT2D eigenvalue weighted by Crippen LogP contribution is 2.23. The van der Waals surface area contributed by atoms with E-state index in [0.29, 0.717) is 12.0 Å². The number of nitrogens with two attached hydrogens (primary N) is 1. The highest BCUT2D eigenvalue weighted by molar-refractivity contribution is 7.89. The Morgan fingerprint density at radius 1 is 1.12 bits per heavy atom. The lowest BCUT2D eigenvalue weighted by molar-refractivity contribution is -0.116. The molecule has 3 rings (SSSR count). The molecule has 0 spiro atoms. The van der Waals surface area contributed by atoms with E-state index < -0.39 is 10.0 Å². The number of amides is 2. The van der Waals surface area contributed by atoms with Crippen LogP contribution >= 0.6 is 0 Å². The van der Waals surface area contributed by atoms with Crippen LogP contribution in [0.1, 0.15) is 34.3 Å². The first-order valence-corrected chi connectivity index (χ1v) is 9.70. The van der Waals surface area contributed by atoms with Crippen LogP contribution in [0.3, 0.4) is 0 Å². The van der Waals surface area contributed by atoms with E-state index >= 15 is 0 Å². The Kier molecular flexibility index (Phi) is 5.06. The van der Waals surface area contributed by atoms with Gasteiger partial charge in [-0.1, -0.05) is 12.1 Å². The molecular formula is C18H19N3O4S. The van der Waals surface area contributed by atoms with Crippen molar-refractivity contribution in [3.8, 4) is 0 Å². The SMILES string of the molecule is NS(=O)(=O)c1ccc(CNC(=O)c2ccc3c(c2)CCCC(=O)N3)cc1. The fourth-order valence-electron chi connectivity index (χ4n) is 2.80. The number of nitrogens with one attached hydrogen (secondary N) is 2. The summed E-state index contributed by atoms with van der Waals surface area (Å²) in [5, 5.41) is 10.7. The molecule has 1 aliphatic rings. The van der Waals surface area contributed by atoms with Crippen LogP contribution in [0, 0.1) is 0 Å². The smallest absolute Gasteiger partial charge is 0.251 e. The van der Waals surface area contributed by atoms with Crippen LogP contribution in [0.5, 0.6) is 0 Å². The maximum Gasteiger partial charge on any atom is 0.251 e. The molecule has 0 radical (unpaired) electrons. The van der Waals surface area contributed by atoms with Gasteiger partial charge in [-0.05, 0) is 54.3 Å².